The Kier molecular flexibility index (Phi) is 7.05. The molecule has 0 unspecified atom stereocenters. The summed E-state index contributed by atoms with van der Waals surface area (Å²) in [4.78, 5) is 0. The van der Waals surface area contributed by atoms with Crippen LogP contribution in [0.1, 0.15) is 0 Å². The fourth-order valence-corrected chi connectivity index (χ4v) is 10.1. The van der Waals surface area contributed by atoms with Crippen LogP contribution in [0, 0.1) is 0 Å². The summed E-state index contributed by atoms with van der Waals surface area (Å²) in [5, 5.41) is 15.2. The Balaban J connectivity index is 0.960. The highest BCUT2D eigenvalue weighted by Crippen LogP contribution is 2.41. The van der Waals surface area contributed by atoms with Crippen molar-refractivity contribution in [2.24, 2.45) is 0 Å². The zero-order valence-electron chi connectivity index (χ0n) is 32.7. The van der Waals surface area contributed by atoms with Crippen LogP contribution in [0.3, 0.4) is 0 Å². The Bertz CT molecular complexity index is 3880. The van der Waals surface area contributed by atoms with Gasteiger partial charge in [0, 0.05) is 32.9 Å². The number of nitrogens with zero attached hydrogens (tertiary/aromatic N) is 2. The van der Waals surface area contributed by atoms with Crippen molar-refractivity contribution in [3.8, 4) is 33.6 Å². The average Bonchev–Trinajstić information content (AvgIpc) is 3.83. The topological polar surface area (TPSA) is 9.86 Å². The summed E-state index contributed by atoms with van der Waals surface area (Å²) in [6.07, 6.45) is 0. The van der Waals surface area contributed by atoms with Gasteiger partial charge in [-0.2, -0.15) is 0 Å². The Labute approximate surface area is 346 Å². The molecule has 0 fully saturated rings. The predicted molar refractivity (Wildman–Crippen MR) is 256 cm³/mol. The standard InChI is InChI=1S/C58H36N2/c1-2-13-43(14-3-1)59-55-20-10-8-18-49(55)53-34-39(26-30-57(53)59)40-27-31-58-54(35-40)50-19-9-11-21-56(50)60(58)44-28-24-37-22-23-41(32-42(37)33-44)51-36-52-45-15-5-4-12-38(45)25-29-48(52)46-16-6-7-17-47(46)51/h1-36H. The zero-order valence-corrected chi connectivity index (χ0v) is 32.7. The molecule has 60 heavy (non-hydrogen) atoms. The summed E-state index contributed by atoms with van der Waals surface area (Å²) in [7, 11) is 0. The van der Waals surface area contributed by atoms with Gasteiger partial charge >= 0.3 is 0 Å². The summed E-state index contributed by atoms with van der Waals surface area (Å²) in [6, 6.07) is 80.6. The van der Waals surface area contributed by atoms with Crippen molar-refractivity contribution in [3.63, 3.8) is 0 Å². The van der Waals surface area contributed by atoms with E-state index < -0.39 is 0 Å². The first-order chi connectivity index (χ1) is 29.7. The molecule has 0 aliphatic rings. The van der Waals surface area contributed by atoms with Crippen molar-refractivity contribution in [2.75, 3.05) is 0 Å². The molecule has 0 atom stereocenters. The molecule has 278 valence electrons. The molecule has 0 saturated heterocycles. The molecule has 2 heteroatoms. The van der Waals surface area contributed by atoms with Crippen molar-refractivity contribution >= 4 is 86.7 Å². The summed E-state index contributed by atoms with van der Waals surface area (Å²) in [5.74, 6) is 0. The first kappa shape index (κ1) is 33.1. The molecule has 0 bridgehead atoms. The lowest BCUT2D eigenvalue weighted by Crippen LogP contribution is -1.94. The molecule has 2 aromatic heterocycles. The molecule has 0 aliphatic carbocycles. The number of rotatable bonds is 4. The van der Waals surface area contributed by atoms with E-state index >= 15 is 0 Å². The fraction of sp³-hybridized carbons (Fsp3) is 0. The molecule has 2 nitrogen and oxygen atoms in total. The van der Waals surface area contributed by atoms with Gasteiger partial charge in [-0.1, -0.05) is 146 Å². The summed E-state index contributed by atoms with van der Waals surface area (Å²) in [5.41, 5.74) is 12.1. The molecule has 2 heterocycles. The maximum Gasteiger partial charge on any atom is 0.0541 e. The molecule has 0 N–H and O–H groups in total. The molecule has 13 rings (SSSR count). The minimum Gasteiger partial charge on any atom is -0.309 e. The van der Waals surface area contributed by atoms with Crippen LogP contribution in [0.2, 0.25) is 0 Å². The first-order valence-electron chi connectivity index (χ1n) is 20.8. The maximum absolute atomic E-state index is 2.44. The first-order valence-corrected chi connectivity index (χ1v) is 20.8. The van der Waals surface area contributed by atoms with E-state index in [9.17, 15) is 0 Å². The van der Waals surface area contributed by atoms with Crippen molar-refractivity contribution in [2.45, 2.75) is 0 Å². The van der Waals surface area contributed by atoms with Crippen LogP contribution in [0.4, 0.5) is 0 Å². The van der Waals surface area contributed by atoms with Gasteiger partial charge < -0.3 is 9.13 Å². The fourth-order valence-electron chi connectivity index (χ4n) is 10.1. The monoisotopic (exact) mass is 760 g/mol. The minimum atomic E-state index is 1.16. The number of fused-ring (bicyclic) bond motifs is 12. The van der Waals surface area contributed by atoms with Gasteiger partial charge in [-0.05, 0) is 138 Å². The van der Waals surface area contributed by atoms with Gasteiger partial charge in [0.15, 0.2) is 0 Å². The van der Waals surface area contributed by atoms with Crippen LogP contribution in [0.5, 0.6) is 0 Å². The second-order valence-corrected chi connectivity index (χ2v) is 16.1. The maximum atomic E-state index is 2.44. The molecular weight excluding hydrogens is 725 g/mol. The highest BCUT2D eigenvalue weighted by molar-refractivity contribution is 6.21. The van der Waals surface area contributed by atoms with Crippen molar-refractivity contribution < 1.29 is 0 Å². The quantitative estimate of drug-likeness (QED) is 0.158. The smallest absolute Gasteiger partial charge is 0.0541 e. The van der Waals surface area contributed by atoms with E-state index in [1.807, 2.05) is 0 Å². The van der Waals surface area contributed by atoms with Crippen LogP contribution in [-0.2, 0) is 0 Å². The van der Waals surface area contributed by atoms with E-state index in [4.69, 9.17) is 0 Å². The third-order valence-electron chi connectivity index (χ3n) is 12.9. The van der Waals surface area contributed by atoms with Crippen LogP contribution in [-0.4, -0.2) is 9.13 Å². The molecule has 11 aromatic carbocycles. The van der Waals surface area contributed by atoms with Crippen LogP contribution < -0.4 is 0 Å². The van der Waals surface area contributed by atoms with Gasteiger partial charge in [0.2, 0.25) is 0 Å². The molecule has 13 aromatic rings. The van der Waals surface area contributed by atoms with Crippen molar-refractivity contribution in [3.05, 3.63) is 218 Å². The highest BCUT2D eigenvalue weighted by Gasteiger charge is 2.17. The summed E-state index contributed by atoms with van der Waals surface area (Å²) in [6.45, 7) is 0. The molecule has 0 amide bonds. The lowest BCUT2D eigenvalue weighted by Gasteiger charge is -2.14. The van der Waals surface area contributed by atoms with E-state index in [0.29, 0.717) is 0 Å². The Morgan fingerprint density at radius 1 is 0.217 bits per heavy atom. The molecular formula is C58H36N2. The number of para-hydroxylation sites is 3. The number of benzene rings is 11. The second-order valence-electron chi connectivity index (χ2n) is 16.1. The molecule has 0 saturated carbocycles. The van der Waals surface area contributed by atoms with Crippen molar-refractivity contribution in [1.82, 2.24) is 9.13 Å². The van der Waals surface area contributed by atoms with Gasteiger partial charge in [0.1, 0.15) is 0 Å². The van der Waals surface area contributed by atoms with E-state index in [0.717, 1.165) is 5.69 Å². The molecule has 0 radical (unpaired) electrons. The summed E-state index contributed by atoms with van der Waals surface area (Å²) >= 11 is 0. The van der Waals surface area contributed by atoms with Crippen LogP contribution in [0.15, 0.2) is 218 Å². The Morgan fingerprint density at radius 3 is 1.45 bits per heavy atom. The van der Waals surface area contributed by atoms with E-state index in [1.54, 1.807) is 0 Å². The lowest BCUT2D eigenvalue weighted by molar-refractivity contribution is 1.18. The molecule has 0 aliphatic heterocycles. The minimum absolute atomic E-state index is 1.16. The van der Waals surface area contributed by atoms with Gasteiger partial charge in [-0.3, -0.25) is 0 Å². The van der Waals surface area contributed by atoms with Gasteiger partial charge in [0.25, 0.3) is 0 Å². The van der Waals surface area contributed by atoms with E-state index in [1.165, 1.54) is 115 Å². The lowest BCUT2D eigenvalue weighted by atomic mass is 9.90. The van der Waals surface area contributed by atoms with Crippen LogP contribution in [0.25, 0.3) is 120 Å². The normalized spacial score (nSPS) is 12.0. The van der Waals surface area contributed by atoms with Crippen LogP contribution >= 0.6 is 0 Å². The van der Waals surface area contributed by atoms with Gasteiger partial charge in [-0.25, -0.2) is 0 Å². The predicted octanol–water partition coefficient (Wildman–Crippen LogP) is 15.8. The van der Waals surface area contributed by atoms with Crippen molar-refractivity contribution in [1.29, 1.82) is 0 Å². The highest BCUT2D eigenvalue weighted by atomic mass is 15.0. The average molecular weight is 761 g/mol. The number of aromatic nitrogens is 2. The number of hydrogen-bond donors (Lipinski definition) is 0. The SMILES string of the molecule is c1ccc(-n2c3ccccc3c3cc(-c4ccc5c(c4)c4ccccc4n5-c4ccc5ccc(-c6cc7c8ccccc8ccc7c7ccccc67)cc5c4)ccc32)cc1. The summed E-state index contributed by atoms with van der Waals surface area (Å²) < 4.78 is 4.82. The van der Waals surface area contributed by atoms with E-state index in [2.05, 4.69) is 228 Å². The second kappa shape index (κ2) is 12.8. The Morgan fingerprint density at radius 2 is 0.733 bits per heavy atom. The van der Waals surface area contributed by atoms with Gasteiger partial charge in [-0.15, -0.1) is 0 Å². The molecule has 0 spiro atoms. The van der Waals surface area contributed by atoms with E-state index in [-0.39, 0.29) is 0 Å². The van der Waals surface area contributed by atoms with Gasteiger partial charge in [0.05, 0.1) is 22.1 Å². The largest absolute Gasteiger partial charge is 0.309 e. The number of hydrogen-bond acceptors (Lipinski definition) is 0. The third kappa shape index (κ3) is 4.88. The zero-order chi connectivity index (χ0) is 39.3. The Hall–Kier alpha value is -7.94. The third-order valence-corrected chi connectivity index (χ3v) is 12.9.